The summed E-state index contributed by atoms with van der Waals surface area (Å²) >= 11 is 0. The van der Waals surface area contributed by atoms with Crippen LogP contribution in [-0.2, 0) is 4.74 Å². The van der Waals surface area contributed by atoms with Gasteiger partial charge in [-0.1, -0.05) is 13.8 Å². The monoisotopic (exact) mass is 282 g/mol. The maximum Gasteiger partial charge on any atom is 0.394 e. The van der Waals surface area contributed by atoms with E-state index in [1.807, 2.05) is 25.7 Å². The van der Waals surface area contributed by atoms with Gasteiger partial charge in [0.2, 0.25) is 0 Å². The summed E-state index contributed by atoms with van der Waals surface area (Å²) < 4.78 is 44.2. The van der Waals surface area contributed by atoms with Gasteiger partial charge in [-0.2, -0.15) is 13.2 Å². The van der Waals surface area contributed by atoms with Crippen LogP contribution in [-0.4, -0.2) is 56.5 Å². The van der Waals surface area contributed by atoms with Gasteiger partial charge < -0.3 is 10.1 Å². The van der Waals surface area contributed by atoms with E-state index in [-0.39, 0.29) is 25.0 Å². The minimum absolute atomic E-state index is 0.0133. The highest BCUT2D eigenvalue weighted by molar-refractivity contribution is 4.84. The Labute approximate surface area is 113 Å². The number of hydrogen-bond donors (Lipinski definition) is 1. The smallest absolute Gasteiger partial charge is 0.380 e. The predicted octanol–water partition coefficient (Wildman–Crippen LogP) is 2.13. The zero-order valence-corrected chi connectivity index (χ0v) is 12.0. The molecule has 1 aliphatic rings. The van der Waals surface area contributed by atoms with Gasteiger partial charge in [0, 0.05) is 38.8 Å². The van der Waals surface area contributed by atoms with Crippen molar-refractivity contribution in [2.75, 3.05) is 39.4 Å². The fourth-order valence-electron chi connectivity index (χ4n) is 2.42. The summed E-state index contributed by atoms with van der Waals surface area (Å²) in [6, 6.07) is 0.0460. The highest BCUT2D eigenvalue weighted by atomic mass is 19.4. The average molecular weight is 282 g/mol. The van der Waals surface area contributed by atoms with Crippen molar-refractivity contribution in [1.29, 1.82) is 0 Å². The fourth-order valence-corrected chi connectivity index (χ4v) is 2.42. The largest absolute Gasteiger partial charge is 0.394 e. The summed E-state index contributed by atoms with van der Waals surface area (Å²) in [7, 11) is 0. The number of rotatable bonds is 5. The Morgan fingerprint density at radius 1 is 1.37 bits per heavy atom. The minimum atomic E-state index is -4.14. The van der Waals surface area contributed by atoms with Crippen molar-refractivity contribution in [2.45, 2.75) is 33.0 Å². The van der Waals surface area contributed by atoms with Crippen molar-refractivity contribution in [2.24, 2.45) is 11.8 Å². The van der Waals surface area contributed by atoms with Crippen LogP contribution < -0.4 is 5.32 Å². The summed E-state index contributed by atoms with van der Waals surface area (Å²) in [5.41, 5.74) is 0. The molecular weight excluding hydrogens is 257 g/mol. The highest BCUT2D eigenvalue weighted by Crippen LogP contribution is 2.28. The van der Waals surface area contributed by atoms with Gasteiger partial charge in [0.05, 0.1) is 12.5 Å². The first-order valence-corrected chi connectivity index (χ1v) is 6.95. The molecule has 1 fully saturated rings. The Morgan fingerprint density at radius 3 is 2.58 bits per heavy atom. The molecule has 0 radical (unpaired) electrons. The second-order valence-electron chi connectivity index (χ2n) is 5.41. The molecule has 1 rings (SSSR count). The first-order valence-electron chi connectivity index (χ1n) is 6.95. The first-order chi connectivity index (χ1) is 8.86. The van der Waals surface area contributed by atoms with Gasteiger partial charge >= 0.3 is 6.18 Å². The van der Waals surface area contributed by atoms with E-state index < -0.39 is 12.1 Å². The zero-order chi connectivity index (χ0) is 14.5. The maximum atomic E-state index is 12.9. The Balaban J connectivity index is 2.71. The number of nitrogens with zero attached hydrogens (tertiary/aromatic N) is 1. The standard InChI is InChI=1S/C13H25F3N2O/c1-4-19-9-12(10(2)3)18-6-5-17-7-11(8-18)13(14,15)16/h10-12,17H,4-9H2,1-3H3. The molecule has 3 nitrogen and oxygen atoms in total. The molecule has 1 aliphatic heterocycles. The van der Waals surface area contributed by atoms with Gasteiger partial charge in [-0.25, -0.2) is 0 Å². The molecule has 114 valence electrons. The minimum Gasteiger partial charge on any atom is -0.380 e. The van der Waals surface area contributed by atoms with Crippen molar-refractivity contribution in [3.05, 3.63) is 0 Å². The molecule has 1 N–H and O–H groups in total. The van der Waals surface area contributed by atoms with E-state index in [0.717, 1.165) is 0 Å². The van der Waals surface area contributed by atoms with Crippen LogP contribution in [0.1, 0.15) is 20.8 Å². The van der Waals surface area contributed by atoms with E-state index >= 15 is 0 Å². The molecule has 0 spiro atoms. The van der Waals surface area contributed by atoms with Gasteiger partial charge in [-0.05, 0) is 12.8 Å². The molecule has 1 heterocycles. The second-order valence-corrected chi connectivity index (χ2v) is 5.41. The van der Waals surface area contributed by atoms with Crippen LogP contribution in [0.3, 0.4) is 0 Å². The Morgan fingerprint density at radius 2 is 2.05 bits per heavy atom. The zero-order valence-electron chi connectivity index (χ0n) is 12.0. The molecule has 0 bridgehead atoms. The molecule has 0 aromatic heterocycles. The van der Waals surface area contributed by atoms with Crippen molar-refractivity contribution in [3.63, 3.8) is 0 Å². The third kappa shape index (κ3) is 5.28. The molecule has 0 aromatic rings. The summed E-state index contributed by atoms with van der Waals surface area (Å²) in [5, 5.41) is 2.88. The lowest BCUT2D eigenvalue weighted by Crippen LogP contribution is -2.47. The summed E-state index contributed by atoms with van der Waals surface area (Å²) in [6.07, 6.45) is -4.14. The van der Waals surface area contributed by atoms with Crippen LogP contribution in [0.4, 0.5) is 13.2 Å². The lowest BCUT2D eigenvalue weighted by molar-refractivity contribution is -0.178. The molecule has 1 saturated heterocycles. The van der Waals surface area contributed by atoms with Gasteiger partial charge in [-0.15, -0.1) is 0 Å². The average Bonchev–Trinajstić information content (AvgIpc) is 2.54. The molecular formula is C13H25F3N2O. The number of alkyl halides is 3. The molecule has 2 unspecified atom stereocenters. The summed E-state index contributed by atoms with van der Waals surface area (Å²) in [6.45, 7) is 8.38. The van der Waals surface area contributed by atoms with Crippen molar-refractivity contribution < 1.29 is 17.9 Å². The first kappa shape index (κ1) is 16.7. The third-order valence-electron chi connectivity index (χ3n) is 3.62. The number of hydrogen-bond acceptors (Lipinski definition) is 3. The SMILES string of the molecule is CCOCC(C(C)C)N1CCNCC(C(F)(F)F)C1. The van der Waals surface area contributed by atoms with Crippen LogP contribution in [0.5, 0.6) is 0 Å². The van der Waals surface area contributed by atoms with Crippen molar-refractivity contribution in [1.82, 2.24) is 10.2 Å². The summed E-state index contributed by atoms with van der Waals surface area (Å²) in [5.74, 6) is -1.02. The van der Waals surface area contributed by atoms with E-state index in [4.69, 9.17) is 4.74 Å². The van der Waals surface area contributed by atoms with Crippen LogP contribution in [0.2, 0.25) is 0 Å². The van der Waals surface area contributed by atoms with E-state index in [1.165, 1.54) is 0 Å². The van der Waals surface area contributed by atoms with Gasteiger partial charge in [0.1, 0.15) is 0 Å². The van der Waals surface area contributed by atoms with Crippen LogP contribution >= 0.6 is 0 Å². The lowest BCUT2D eigenvalue weighted by Gasteiger charge is -2.35. The normalized spacial score (nSPS) is 24.5. The van der Waals surface area contributed by atoms with Crippen LogP contribution in [0, 0.1) is 11.8 Å². The van der Waals surface area contributed by atoms with Gasteiger partial charge in [0.15, 0.2) is 0 Å². The molecule has 0 saturated carbocycles. The van der Waals surface area contributed by atoms with Crippen molar-refractivity contribution >= 4 is 0 Å². The van der Waals surface area contributed by atoms with E-state index in [9.17, 15) is 13.2 Å². The molecule has 0 aliphatic carbocycles. The Bertz CT molecular complexity index is 259. The number of ether oxygens (including phenoxy) is 1. The number of halogens is 3. The molecule has 19 heavy (non-hydrogen) atoms. The van der Waals surface area contributed by atoms with Crippen LogP contribution in [0.15, 0.2) is 0 Å². The lowest BCUT2D eigenvalue weighted by atomic mass is 10.0. The summed E-state index contributed by atoms with van der Waals surface area (Å²) in [4.78, 5) is 1.93. The Hall–Kier alpha value is -0.330. The quantitative estimate of drug-likeness (QED) is 0.836. The van der Waals surface area contributed by atoms with Gasteiger partial charge in [-0.3, -0.25) is 4.90 Å². The molecule has 2 atom stereocenters. The third-order valence-corrected chi connectivity index (χ3v) is 3.62. The highest BCUT2D eigenvalue weighted by Gasteiger charge is 2.42. The maximum absolute atomic E-state index is 12.9. The molecule has 0 amide bonds. The van der Waals surface area contributed by atoms with Crippen molar-refractivity contribution in [3.8, 4) is 0 Å². The van der Waals surface area contributed by atoms with E-state index in [0.29, 0.717) is 26.3 Å². The predicted molar refractivity (Wildman–Crippen MR) is 69.1 cm³/mol. The van der Waals surface area contributed by atoms with E-state index in [1.54, 1.807) is 0 Å². The van der Waals surface area contributed by atoms with Gasteiger partial charge in [0.25, 0.3) is 0 Å². The topological polar surface area (TPSA) is 24.5 Å². The van der Waals surface area contributed by atoms with E-state index in [2.05, 4.69) is 5.32 Å². The molecule has 0 aromatic carbocycles. The Kier molecular flexibility index (Phi) is 6.56. The molecule has 6 heteroatoms. The van der Waals surface area contributed by atoms with Crippen LogP contribution in [0.25, 0.3) is 0 Å². The number of nitrogens with one attached hydrogen (secondary N) is 1. The fraction of sp³-hybridized carbons (Fsp3) is 1.00. The second kappa shape index (κ2) is 7.45.